The van der Waals surface area contributed by atoms with E-state index in [2.05, 4.69) is 0 Å². The number of carbonyl (C=O) groups is 2. The number of nitrogens with zero attached hydrogens (tertiary/aromatic N) is 2. The van der Waals surface area contributed by atoms with Crippen LogP contribution >= 0.6 is 11.8 Å². The minimum atomic E-state index is -3.74. The van der Waals surface area contributed by atoms with Gasteiger partial charge in [-0.25, -0.2) is 8.42 Å². The molecule has 2 amide bonds. The third kappa shape index (κ3) is 3.03. The van der Waals surface area contributed by atoms with E-state index in [1.54, 1.807) is 25.1 Å². The van der Waals surface area contributed by atoms with Gasteiger partial charge in [0.1, 0.15) is 10.6 Å². The molecule has 1 aromatic carbocycles. The molecular weight excluding hydrogens is 352 g/mol. The molecule has 3 rings (SSSR count). The molecule has 0 saturated carbocycles. The molecule has 24 heavy (non-hydrogen) atoms. The van der Waals surface area contributed by atoms with Gasteiger partial charge in [0.25, 0.3) is 5.24 Å². The number of hydrogen-bond acceptors (Lipinski definition) is 6. The van der Waals surface area contributed by atoms with Gasteiger partial charge in [-0.05, 0) is 25.5 Å². The molecule has 2 aliphatic heterocycles. The number of thioether (sulfide) groups is 1. The van der Waals surface area contributed by atoms with E-state index in [4.69, 9.17) is 4.74 Å². The lowest BCUT2D eigenvalue weighted by Gasteiger charge is -2.22. The number of amides is 2. The van der Waals surface area contributed by atoms with E-state index in [9.17, 15) is 18.0 Å². The molecule has 1 unspecified atom stereocenters. The lowest BCUT2D eigenvalue weighted by Crippen LogP contribution is -2.41. The Morgan fingerprint density at radius 3 is 2.71 bits per heavy atom. The zero-order valence-electron chi connectivity index (χ0n) is 13.2. The van der Waals surface area contributed by atoms with E-state index >= 15 is 0 Å². The maximum Gasteiger partial charge on any atom is 0.289 e. The Morgan fingerprint density at radius 1 is 1.29 bits per heavy atom. The number of para-hydroxylation sites is 1. The number of benzene rings is 1. The first-order valence-corrected chi connectivity index (χ1v) is 10.1. The van der Waals surface area contributed by atoms with E-state index in [1.807, 2.05) is 0 Å². The number of sulfonamides is 1. The van der Waals surface area contributed by atoms with Crippen molar-refractivity contribution in [2.45, 2.75) is 24.3 Å². The smallest absolute Gasteiger partial charge is 0.289 e. The van der Waals surface area contributed by atoms with Crippen molar-refractivity contribution in [1.82, 2.24) is 9.21 Å². The third-order valence-corrected chi connectivity index (χ3v) is 6.78. The molecular formula is C15H18N2O5S2. The van der Waals surface area contributed by atoms with Crippen molar-refractivity contribution in [2.24, 2.45) is 0 Å². The van der Waals surface area contributed by atoms with Crippen LogP contribution in [0.1, 0.15) is 13.3 Å². The highest BCUT2D eigenvalue weighted by Crippen LogP contribution is 2.32. The van der Waals surface area contributed by atoms with Gasteiger partial charge >= 0.3 is 0 Å². The Hall–Kier alpha value is -1.58. The summed E-state index contributed by atoms with van der Waals surface area (Å²) >= 11 is 0.964. The normalized spacial score (nSPS) is 22.4. The van der Waals surface area contributed by atoms with Crippen LogP contribution in [0, 0.1) is 0 Å². The van der Waals surface area contributed by atoms with Gasteiger partial charge in [-0.15, -0.1) is 0 Å². The highest BCUT2D eigenvalue weighted by molar-refractivity contribution is 8.14. The SMILES string of the molecule is CCOc1ccccc1S(=O)(=O)N1CCC(N2C(=O)CSC2=O)C1. The Balaban J connectivity index is 1.82. The minimum Gasteiger partial charge on any atom is -0.492 e. The molecule has 1 atom stereocenters. The van der Waals surface area contributed by atoms with Gasteiger partial charge in [-0.2, -0.15) is 4.31 Å². The maximum absolute atomic E-state index is 12.9. The minimum absolute atomic E-state index is 0.112. The van der Waals surface area contributed by atoms with E-state index in [0.29, 0.717) is 18.8 Å². The summed E-state index contributed by atoms with van der Waals surface area (Å²) in [7, 11) is -3.74. The second-order valence-electron chi connectivity index (χ2n) is 5.50. The van der Waals surface area contributed by atoms with Gasteiger partial charge < -0.3 is 4.74 Å². The van der Waals surface area contributed by atoms with Crippen LogP contribution in [-0.4, -0.2) is 60.3 Å². The Bertz CT molecular complexity index is 749. The zero-order valence-corrected chi connectivity index (χ0v) is 14.8. The fraction of sp³-hybridized carbons (Fsp3) is 0.467. The molecule has 2 fully saturated rings. The first kappa shape index (κ1) is 17.2. The van der Waals surface area contributed by atoms with Crippen molar-refractivity contribution in [1.29, 1.82) is 0 Å². The highest BCUT2D eigenvalue weighted by Gasteiger charge is 2.42. The topological polar surface area (TPSA) is 84.0 Å². The van der Waals surface area contributed by atoms with Crippen LogP contribution in [0.2, 0.25) is 0 Å². The average molecular weight is 370 g/mol. The molecule has 2 aliphatic rings. The number of rotatable bonds is 5. The Morgan fingerprint density at radius 2 is 2.04 bits per heavy atom. The first-order chi connectivity index (χ1) is 11.4. The molecule has 130 valence electrons. The highest BCUT2D eigenvalue weighted by atomic mass is 32.2. The quantitative estimate of drug-likeness (QED) is 0.782. The maximum atomic E-state index is 12.9. The van der Waals surface area contributed by atoms with Crippen molar-refractivity contribution < 1.29 is 22.7 Å². The number of imide groups is 1. The summed E-state index contributed by atoms with van der Waals surface area (Å²) in [6, 6.07) is 6.10. The zero-order chi connectivity index (χ0) is 17.3. The molecule has 0 radical (unpaired) electrons. The van der Waals surface area contributed by atoms with Crippen LogP contribution in [0.4, 0.5) is 4.79 Å². The predicted octanol–water partition coefficient (Wildman–Crippen LogP) is 1.54. The van der Waals surface area contributed by atoms with Crippen molar-refractivity contribution in [2.75, 3.05) is 25.4 Å². The molecule has 2 saturated heterocycles. The van der Waals surface area contributed by atoms with Crippen LogP contribution < -0.4 is 4.74 Å². The summed E-state index contributed by atoms with van der Waals surface area (Å²) in [5.74, 6) is 0.200. The summed E-state index contributed by atoms with van der Waals surface area (Å²) in [6.07, 6.45) is 0.452. The van der Waals surface area contributed by atoms with Crippen LogP contribution in [-0.2, 0) is 14.8 Å². The number of carbonyl (C=O) groups excluding carboxylic acids is 2. The molecule has 0 aliphatic carbocycles. The fourth-order valence-corrected chi connectivity index (χ4v) is 5.33. The summed E-state index contributed by atoms with van der Waals surface area (Å²) in [6.45, 7) is 2.55. The standard InChI is InChI=1S/C15H18N2O5S2/c1-2-22-12-5-3-4-6-13(12)24(20,21)16-8-7-11(9-16)17-14(18)10-23-15(17)19/h3-6,11H,2,7-10H2,1H3. The molecule has 0 spiro atoms. The summed E-state index contributed by atoms with van der Waals surface area (Å²) < 4.78 is 32.5. The van der Waals surface area contributed by atoms with Gasteiger partial charge in [0.15, 0.2) is 0 Å². The van der Waals surface area contributed by atoms with Crippen LogP contribution in [0.3, 0.4) is 0 Å². The molecule has 0 aromatic heterocycles. The van der Waals surface area contributed by atoms with Crippen molar-refractivity contribution in [3.8, 4) is 5.75 Å². The molecule has 0 bridgehead atoms. The van der Waals surface area contributed by atoms with Crippen molar-refractivity contribution >= 4 is 32.9 Å². The second-order valence-corrected chi connectivity index (χ2v) is 8.34. The molecule has 0 N–H and O–H groups in total. The lowest BCUT2D eigenvalue weighted by atomic mass is 10.2. The Labute approximate surface area is 145 Å². The lowest BCUT2D eigenvalue weighted by molar-refractivity contribution is -0.126. The van der Waals surface area contributed by atoms with Crippen LogP contribution in [0.15, 0.2) is 29.2 Å². The second kappa shape index (κ2) is 6.73. The van der Waals surface area contributed by atoms with Crippen molar-refractivity contribution in [3.63, 3.8) is 0 Å². The van der Waals surface area contributed by atoms with Crippen LogP contribution in [0.25, 0.3) is 0 Å². The number of hydrogen-bond donors (Lipinski definition) is 0. The summed E-state index contributed by atoms with van der Waals surface area (Å²) in [4.78, 5) is 25.0. The van der Waals surface area contributed by atoms with E-state index in [-0.39, 0.29) is 34.9 Å². The number of ether oxygens (including phenoxy) is 1. The van der Waals surface area contributed by atoms with Gasteiger partial charge in [0.05, 0.1) is 18.4 Å². The summed E-state index contributed by atoms with van der Waals surface area (Å²) in [5.41, 5.74) is 0. The van der Waals surface area contributed by atoms with Gasteiger partial charge in [-0.3, -0.25) is 14.5 Å². The summed E-state index contributed by atoms with van der Waals surface area (Å²) in [5, 5.41) is -0.293. The fourth-order valence-electron chi connectivity index (χ4n) is 2.93. The predicted molar refractivity (Wildman–Crippen MR) is 89.5 cm³/mol. The molecule has 1 aromatic rings. The molecule has 9 heteroatoms. The monoisotopic (exact) mass is 370 g/mol. The van der Waals surface area contributed by atoms with Crippen molar-refractivity contribution in [3.05, 3.63) is 24.3 Å². The first-order valence-electron chi connectivity index (χ1n) is 7.66. The largest absolute Gasteiger partial charge is 0.492 e. The Kier molecular flexibility index (Phi) is 4.84. The molecule has 2 heterocycles. The van der Waals surface area contributed by atoms with E-state index in [0.717, 1.165) is 11.8 Å². The van der Waals surface area contributed by atoms with E-state index < -0.39 is 16.1 Å². The van der Waals surface area contributed by atoms with Gasteiger partial charge in [-0.1, -0.05) is 23.9 Å². The van der Waals surface area contributed by atoms with Gasteiger partial charge in [0, 0.05) is 13.1 Å². The van der Waals surface area contributed by atoms with E-state index in [1.165, 1.54) is 15.3 Å². The molecule has 7 nitrogen and oxygen atoms in total. The average Bonchev–Trinajstić information content (AvgIpc) is 3.15. The van der Waals surface area contributed by atoms with Crippen LogP contribution in [0.5, 0.6) is 5.75 Å². The third-order valence-electron chi connectivity index (χ3n) is 4.04. The van der Waals surface area contributed by atoms with Gasteiger partial charge in [0.2, 0.25) is 15.9 Å².